The first-order chi connectivity index (χ1) is 10.1. The van der Waals surface area contributed by atoms with Gasteiger partial charge in [0.2, 0.25) is 5.91 Å². The van der Waals surface area contributed by atoms with Crippen LogP contribution in [0.3, 0.4) is 0 Å². The second-order valence-electron chi connectivity index (χ2n) is 4.65. The Morgan fingerprint density at radius 2 is 2.00 bits per heavy atom. The van der Waals surface area contributed by atoms with Gasteiger partial charge in [-0.15, -0.1) is 0 Å². The summed E-state index contributed by atoms with van der Waals surface area (Å²) in [6, 6.07) is 14.8. The first-order valence-corrected chi connectivity index (χ1v) is 6.71. The molecule has 1 atom stereocenters. The number of carbonyl (C=O) groups is 1. The molecule has 0 fully saturated rings. The molecule has 1 aromatic heterocycles. The highest BCUT2D eigenvalue weighted by Crippen LogP contribution is 2.05. The molecule has 1 amide bonds. The molecule has 21 heavy (non-hydrogen) atoms. The topological polar surface area (TPSA) is 68.0 Å². The third kappa shape index (κ3) is 4.75. The molecule has 4 nitrogen and oxygen atoms in total. The van der Waals surface area contributed by atoms with Gasteiger partial charge in [0.25, 0.3) is 0 Å². The molecule has 0 radical (unpaired) electrons. The van der Waals surface area contributed by atoms with E-state index < -0.39 is 6.04 Å². The lowest BCUT2D eigenvalue weighted by molar-refractivity contribution is -0.117. The van der Waals surface area contributed by atoms with Crippen LogP contribution in [0.2, 0.25) is 0 Å². The Morgan fingerprint density at radius 1 is 1.24 bits per heavy atom. The maximum absolute atomic E-state index is 11.5. The van der Waals surface area contributed by atoms with E-state index in [2.05, 4.69) is 22.1 Å². The van der Waals surface area contributed by atoms with E-state index in [1.807, 2.05) is 30.3 Å². The fraction of sp³-hybridized carbons (Fsp3) is 0.176. The molecule has 106 valence electrons. The Labute approximate surface area is 124 Å². The average molecular weight is 279 g/mol. The SMILES string of the molecule is CC(N)C(=O)Nc1cccc(C#CCc2ccccc2)n1. The highest BCUT2D eigenvalue weighted by molar-refractivity contribution is 5.93. The van der Waals surface area contributed by atoms with Crippen LogP contribution in [-0.4, -0.2) is 16.9 Å². The third-order valence-electron chi connectivity index (χ3n) is 2.77. The number of pyridine rings is 1. The van der Waals surface area contributed by atoms with Crippen molar-refractivity contribution in [2.24, 2.45) is 5.73 Å². The predicted octanol–water partition coefficient (Wildman–Crippen LogP) is 1.96. The summed E-state index contributed by atoms with van der Waals surface area (Å²) in [7, 11) is 0. The molecule has 0 bridgehead atoms. The van der Waals surface area contributed by atoms with Crippen molar-refractivity contribution in [2.75, 3.05) is 5.32 Å². The quantitative estimate of drug-likeness (QED) is 0.844. The number of benzene rings is 1. The fourth-order valence-electron chi connectivity index (χ4n) is 1.65. The van der Waals surface area contributed by atoms with Crippen LogP contribution in [0, 0.1) is 11.8 Å². The number of hydrogen-bond donors (Lipinski definition) is 2. The lowest BCUT2D eigenvalue weighted by Gasteiger charge is -2.06. The summed E-state index contributed by atoms with van der Waals surface area (Å²) >= 11 is 0. The molecular weight excluding hydrogens is 262 g/mol. The number of nitrogens with one attached hydrogen (secondary N) is 1. The van der Waals surface area contributed by atoms with Crippen molar-refractivity contribution < 1.29 is 4.79 Å². The molecule has 2 rings (SSSR count). The summed E-state index contributed by atoms with van der Waals surface area (Å²) in [5.41, 5.74) is 7.28. The number of rotatable bonds is 3. The minimum Gasteiger partial charge on any atom is -0.320 e. The molecule has 1 aromatic carbocycles. The van der Waals surface area contributed by atoms with Crippen LogP contribution in [0.25, 0.3) is 0 Å². The van der Waals surface area contributed by atoms with Crippen molar-refractivity contribution in [3.63, 3.8) is 0 Å². The van der Waals surface area contributed by atoms with Crippen LogP contribution in [0.5, 0.6) is 0 Å². The zero-order valence-electron chi connectivity index (χ0n) is 11.8. The van der Waals surface area contributed by atoms with Crippen LogP contribution in [-0.2, 0) is 11.2 Å². The molecule has 2 aromatic rings. The van der Waals surface area contributed by atoms with Gasteiger partial charge in [-0.1, -0.05) is 42.3 Å². The van der Waals surface area contributed by atoms with Crippen molar-refractivity contribution in [1.29, 1.82) is 0 Å². The van der Waals surface area contributed by atoms with Gasteiger partial charge in [0.05, 0.1) is 6.04 Å². The number of carbonyl (C=O) groups excluding carboxylic acids is 1. The monoisotopic (exact) mass is 279 g/mol. The molecule has 0 aliphatic carbocycles. The Morgan fingerprint density at radius 3 is 2.71 bits per heavy atom. The van der Waals surface area contributed by atoms with E-state index in [9.17, 15) is 4.79 Å². The summed E-state index contributed by atoms with van der Waals surface area (Å²) in [5, 5.41) is 2.65. The highest BCUT2D eigenvalue weighted by Gasteiger charge is 2.07. The summed E-state index contributed by atoms with van der Waals surface area (Å²) in [6.07, 6.45) is 0.666. The van der Waals surface area contributed by atoms with E-state index in [1.165, 1.54) is 0 Å². The zero-order valence-corrected chi connectivity index (χ0v) is 11.8. The van der Waals surface area contributed by atoms with E-state index >= 15 is 0 Å². The summed E-state index contributed by atoms with van der Waals surface area (Å²) < 4.78 is 0. The molecule has 1 heterocycles. The number of aromatic nitrogens is 1. The first kappa shape index (κ1) is 14.8. The number of anilines is 1. The molecule has 1 unspecified atom stereocenters. The molecule has 0 saturated heterocycles. The van der Waals surface area contributed by atoms with Crippen LogP contribution in [0.15, 0.2) is 48.5 Å². The molecule has 3 N–H and O–H groups in total. The van der Waals surface area contributed by atoms with Crippen molar-refractivity contribution in [2.45, 2.75) is 19.4 Å². The van der Waals surface area contributed by atoms with E-state index in [4.69, 9.17) is 5.73 Å². The number of amides is 1. The van der Waals surface area contributed by atoms with E-state index in [-0.39, 0.29) is 5.91 Å². The van der Waals surface area contributed by atoms with Gasteiger partial charge in [-0.3, -0.25) is 4.79 Å². The molecule has 0 saturated carbocycles. The smallest absolute Gasteiger partial charge is 0.242 e. The van der Waals surface area contributed by atoms with Gasteiger partial charge in [0.1, 0.15) is 11.5 Å². The third-order valence-corrected chi connectivity index (χ3v) is 2.77. The second-order valence-corrected chi connectivity index (χ2v) is 4.65. The molecular formula is C17H17N3O. The first-order valence-electron chi connectivity index (χ1n) is 6.71. The zero-order chi connectivity index (χ0) is 15.1. The summed E-state index contributed by atoms with van der Waals surface area (Å²) in [4.78, 5) is 15.8. The Kier molecular flexibility index (Phi) is 5.08. The molecule has 4 heteroatoms. The minimum atomic E-state index is -0.570. The second kappa shape index (κ2) is 7.22. The van der Waals surface area contributed by atoms with Crippen LogP contribution in [0.4, 0.5) is 5.82 Å². The minimum absolute atomic E-state index is 0.267. The Hall–Kier alpha value is -2.64. The largest absolute Gasteiger partial charge is 0.320 e. The number of nitrogens with zero attached hydrogens (tertiary/aromatic N) is 1. The van der Waals surface area contributed by atoms with Crippen molar-refractivity contribution in [3.05, 3.63) is 59.8 Å². The summed E-state index contributed by atoms with van der Waals surface area (Å²) in [6.45, 7) is 1.62. The van der Waals surface area contributed by atoms with Gasteiger partial charge in [-0.25, -0.2) is 4.98 Å². The summed E-state index contributed by atoms with van der Waals surface area (Å²) in [5.74, 6) is 6.26. The van der Waals surface area contributed by atoms with Gasteiger partial charge < -0.3 is 11.1 Å². The van der Waals surface area contributed by atoms with Crippen molar-refractivity contribution in [3.8, 4) is 11.8 Å². The van der Waals surface area contributed by atoms with Crippen LogP contribution in [0.1, 0.15) is 18.2 Å². The molecule has 0 aliphatic rings. The van der Waals surface area contributed by atoms with Gasteiger partial charge in [0, 0.05) is 6.42 Å². The van der Waals surface area contributed by atoms with Crippen LogP contribution >= 0.6 is 0 Å². The lowest BCUT2D eigenvalue weighted by Crippen LogP contribution is -2.32. The Balaban J connectivity index is 2.03. The standard InChI is InChI=1S/C17H17N3O/c1-13(18)17(21)20-16-12-6-11-15(19-16)10-5-9-14-7-3-2-4-8-14/h2-4,6-8,11-13H,9,18H2,1H3,(H,19,20,21). The Bertz CT molecular complexity index is 669. The molecule has 0 spiro atoms. The maximum atomic E-state index is 11.5. The van der Waals surface area contributed by atoms with Gasteiger partial charge in [-0.05, 0) is 30.5 Å². The van der Waals surface area contributed by atoms with E-state index in [0.29, 0.717) is 17.9 Å². The predicted molar refractivity (Wildman–Crippen MR) is 83.5 cm³/mol. The molecule has 0 aliphatic heterocycles. The van der Waals surface area contributed by atoms with E-state index in [0.717, 1.165) is 5.56 Å². The fourth-order valence-corrected chi connectivity index (χ4v) is 1.65. The van der Waals surface area contributed by atoms with Gasteiger partial charge >= 0.3 is 0 Å². The van der Waals surface area contributed by atoms with Crippen molar-refractivity contribution in [1.82, 2.24) is 4.98 Å². The van der Waals surface area contributed by atoms with E-state index in [1.54, 1.807) is 25.1 Å². The normalized spacial score (nSPS) is 11.1. The maximum Gasteiger partial charge on any atom is 0.242 e. The van der Waals surface area contributed by atoms with Gasteiger partial charge in [0.15, 0.2) is 0 Å². The van der Waals surface area contributed by atoms with Crippen molar-refractivity contribution >= 4 is 11.7 Å². The number of nitrogens with two attached hydrogens (primary N) is 1. The lowest BCUT2D eigenvalue weighted by atomic mass is 10.1. The number of hydrogen-bond acceptors (Lipinski definition) is 3. The van der Waals surface area contributed by atoms with Gasteiger partial charge in [-0.2, -0.15) is 0 Å². The average Bonchev–Trinajstić information content (AvgIpc) is 2.48. The highest BCUT2D eigenvalue weighted by atomic mass is 16.2. The van der Waals surface area contributed by atoms with Crippen LogP contribution < -0.4 is 11.1 Å².